The first-order valence-corrected chi connectivity index (χ1v) is 8.27. The molecule has 0 bridgehead atoms. The highest BCUT2D eigenvalue weighted by atomic mass is 32.1. The molecule has 0 unspecified atom stereocenters. The SMILES string of the molecule is CCN1CCC(NCc2csc(C(C)(C)C)n2)CC1. The molecule has 0 atom stereocenters. The molecule has 0 aromatic carbocycles. The molecule has 1 aliphatic rings. The smallest absolute Gasteiger partial charge is 0.0982 e. The van der Waals surface area contributed by atoms with Crippen LogP contribution in [0.25, 0.3) is 0 Å². The summed E-state index contributed by atoms with van der Waals surface area (Å²) in [5, 5.41) is 7.11. The van der Waals surface area contributed by atoms with Crippen molar-refractivity contribution < 1.29 is 0 Å². The van der Waals surface area contributed by atoms with Gasteiger partial charge in [0.15, 0.2) is 0 Å². The Morgan fingerprint density at radius 3 is 2.58 bits per heavy atom. The predicted molar refractivity (Wildman–Crippen MR) is 82.8 cm³/mol. The molecule has 1 saturated heterocycles. The minimum atomic E-state index is 0.176. The molecule has 19 heavy (non-hydrogen) atoms. The number of likely N-dealkylation sites (tertiary alicyclic amines) is 1. The number of nitrogens with one attached hydrogen (secondary N) is 1. The number of rotatable bonds is 4. The Kier molecular flexibility index (Phi) is 4.98. The van der Waals surface area contributed by atoms with Gasteiger partial charge in [0.1, 0.15) is 0 Å². The van der Waals surface area contributed by atoms with Crippen LogP contribution in [0, 0.1) is 0 Å². The normalized spacial score (nSPS) is 18.9. The van der Waals surface area contributed by atoms with Crippen LogP contribution in [0.5, 0.6) is 0 Å². The fourth-order valence-corrected chi connectivity index (χ4v) is 3.34. The number of nitrogens with zero attached hydrogens (tertiary/aromatic N) is 2. The standard InChI is InChI=1S/C15H27N3S/c1-5-18-8-6-12(7-9-18)16-10-13-11-19-14(17-13)15(2,3)4/h11-12,16H,5-10H2,1-4H3. The van der Waals surface area contributed by atoms with E-state index in [1.165, 1.54) is 43.2 Å². The zero-order chi connectivity index (χ0) is 13.9. The van der Waals surface area contributed by atoms with Gasteiger partial charge >= 0.3 is 0 Å². The second-order valence-corrected chi connectivity index (χ2v) is 7.34. The van der Waals surface area contributed by atoms with Gasteiger partial charge in [0.25, 0.3) is 0 Å². The first kappa shape index (κ1) is 14.9. The van der Waals surface area contributed by atoms with E-state index in [1.54, 1.807) is 11.3 Å². The van der Waals surface area contributed by atoms with Crippen LogP contribution in [0.1, 0.15) is 51.2 Å². The predicted octanol–water partition coefficient (Wildman–Crippen LogP) is 3.01. The maximum Gasteiger partial charge on any atom is 0.0982 e. The summed E-state index contributed by atoms with van der Waals surface area (Å²) in [5.74, 6) is 0. The second kappa shape index (κ2) is 6.33. The summed E-state index contributed by atoms with van der Waals surface area (Å²) in [4.78, 5) is 7.27. The van der Waals surface area contributed by atoms with Gasteiger partial charge in [-0.25, -0.2) is 4.98 Å². The van der Waals surface area contributed by atoms with Crippen molar-refractivity contribution in [2.24, 2.45) is 0 Å². The number of hydrogen-bond acceptors (Lipinski definition) is 4. The average Bonchev–Trinajstić information content (AvgIpc) is 2.86. The average molecular weight is 281 g/mol. The largest absolute Gasteiger partial charge is 0.308 e. The third-order valence-corrected chi connectivity index (χ3v) is 5.12. The van der Waals surface area contributed by atoms with Crippen molar-refractivity contribution in [3.05, 3.63) is 16.1 Å². The lowest BCUT2D eigenvalue weighted by atomic mass is 9.98. The van der Waals surface area contributed by atoms with E-state index in [0.29, 0.717) is 6.04 Å². The van der Waals surface area contributed by atoms with Crippen LogP contribution >= 0.6 is 11.3 Å². The number of aromatic nitrogens is 1. The molecular formula is C15H27N3S. The Morgan fingerprint density at radius 1 is 1.37 bits per heavy atom. The van der Waals surface area contributed by atoms with Gasteiger partial charge in [-0.3, -0.25) is 0 Å². The van der Waals surface area contributed by atoms with Crippen molar-refractivity contribution in [1.29, 1.82) is 0 Å². The van der Waals surface area contributed by atoms with E-state index >= 15 is 0 Å². The number of hydrogen-bond donors (Lipinski definition) is 1. The highest BCUT2D eigenvalue weighted by Crippen LogP contribution is 2.25. The van der Waals surface area contributed by atoms with E-state index in [9.17, 15) is 0 Å². The molecule has 1 fully saturated rings. The van der Waals surface area contributed by atoms with Crippen molar-refractivity contribution in [3.8, 4) is 0 Å². The highest BCUT2D eigenvalue weighted by Gasteiger charge is 2.20. The van der Waals surface area contributed by atoms with Gasteiger partial charge in [0.2, 0.25) is 0 Å². The summed E-state index contributed by atoms with van der Waals surface area (Å²) in [7, 11) is 0. The van der Waals surface area contributed by atoms with Crippen molar-refractivity contribution in [2.75, 3.05) is 19.6 Å². The van der Waals surface area contributed by atoms with E-state index in [-0.39, 0.29) is 5.41 Å². The van der Waals surface area contributed by atoms with Crippen molar-refractivity contribution in [3.63, 3.8) is 0 Å². The monoisotopic (exact) mass is 281 g/mol. The molecule has 0 spiro atoms. The molecule has 1 aromatic heterocycles. The zero-order valence-electron chi connectivity index (χ0n) is 12.7. The molecular weight excluding hydrogens is 254 g/mol. The molecule has 0 aliphatic carbocycles. The molecule has 108 valence electrons. The summed E-state index contributed by atoms with van der Waals surface area (Å²) in [6.45, 7) is 13.5. The molecule has 2 heterocycles. The molecule has 0 saturated carbocycles. The highest BCUT2D eigenvalue weighted by molar-refractivity contribution is 7.09. The van der Waals surface area contributed by atoms with Crippen LogP contribution in [0.2, 0.25) is 0 Å². The molecule has 3 nitrogen and oxygen atoms in total. The van der Waals surface area contributed by atoms with Crippen molar-refractivity contribution >= 4 is 11.3 Å². The van der Waals surface area contributed by atoms with E-state index in [4.69, 9.17) is 4.98 Å². The Balaban J connectivity index is 1.78. The van der Waals surface area contributed by atoms with Gasteiger partial charge in [-0.2, -0.15) is 0 Å². The molecule has 4 heteroatoms. The topological polar surface area (TPSA) is 28.2 Å². The maximum atomic E-state index is 4.74. The van der Waals surface area contributed by atoms with E-state index < -0.39 is 0 Å². The van der Waals surface area contributed by atoms with Gasteiger partial charge in [0, 0.05) is 23.4 Å². The van der Waals surface area contributed by atoms with Gasteiger partial charge in [-0.05, 0) is 32.5 Å². The Labute approximate surface area is 121 Å². The minimum Gasteiger partial charge on any atom is -0.308 e. The molecule has 0 amide bonds. The molecule has 1 aromatic rings. The fraction of sp³-hybridized carbons (Fsp3) is 0.800. The van der Waals surface area contributed by atoms with Gasteiger partial charge in [-0.1, -0.05) is 27.7 Å². The third-order valence-electron chi connectivity index (χ3n) is 3.80. The minimum absolute atomic E-state index is 0.176. The zero-order valence-corrected chi connectivity index (χ0v) is 13.5. The lowest BCUT2D eigenvalue weighted by Crippen LogP contribution is -2.42. The van der Waals surface area contributed by atoms with Gasteiger partial charge in [0.05, 0.1) is 10.7 Å². The molecule has 0 radical (unpaired) electrons. The summed E-state index contributed by atoms with van der Waals surface area (Å²) >= 11 is 1.79. The summed E-state index contributed by atoms with van der Waals surface area (Å²) in [6, 6.07) is 0.669. The quantitative estimate of drug-likeness (QED) is 0.919. The molecule has 2 rings (SSSR count). The molecule has 1 N–H and O–H groups in total. The van der Waals surface area contributed by atoms with Crippen LogP contribution in [0.15, 0.2) is 5.38 Å². The fourth-order valence-electron chi connectivity index (χ4n) is 2.43. The Morgan fingerprint density at radius 2 is 2.05 bits per heavy atom. The van der Waals surface area contributed by atoms with Gasteiger partial charge in [-0.15, -0.1) is 11.3 Å². The second-order valence-electron chi connectivity index (χ2n) is 6.48. The Hall–Kier alpha value is -0.450. The lowest BCUT2D eigenvalue weighted by molar-refractivity contribution is 0.205. The van der Waals surface area contributed by atoms with Crippen molar-refractivity contribution in [1.82, 2.24) is 15.2 Å². The lowest BCUT2D eigenvalue weighted by Gasteiger charge is -2.31. The van der Waals surface area contributed by atoms with Crippen LogP contribution in [-0.4, -0.2) is 35.6 Å². The first-order chi connectivity index (χ1) is 8.99. The van der Waals surface area contributed by atoms with Gasteiger partial charge < -0.3 is 10.2 Å². The van der Waals surface area contributed by atoms with E-state index in [1.807, 2.05) is 0 Å². The van der Waals surface area contributed by atoms with E-state index in [2.05, 4.69) is 43.3 Å². The summed E-state index contributed by atoms with van der Waals surface area (Å²) in [6.07, 6.45) is 2.54. The molecule has 1 aliphatic heterocycles. The van der Waals surface area contributed by atoms with E-state index in [0.717, 1.165) is 6.54 Å². The number of thiazole rings is 1. The maximum absolute atomic E-state index is 4.74. The summed E-state index contributed by atoms with van der Waals surface area (Å²) < 4.78 is 0. The number of piperidine rings is 1. The first-order valence-electron chi connectivity index (χ1n) is 7.39. The van der Waals surface area contributed by atoms with Crippen LogP contribution in [-0.2, 0) is 12.0 Å². The van der Waals surface area contributed by atoms with Crippen LogP contribution in [0.3, 0.4) is 0 Å². The van der Waals surface area contributed by atoms with Crippen LogP contribution < -0.4 is 5.32 Å². The summed E-state index contributed by atoms with van der Waals surface area (Å²) in [5.41, 5.74) is 1.38. The van der Waals surface area contributed by atoms with Crippen LogP contribution in [0.4, 0.5) is 0 Å². The third kappa shape index (κ3) is 4.26. The van der Waals surface area contributed by atoms with Crippen molar-refractivity contribution in [2.45, 2.75) is 58.5 Å². The Bertz CT molecular complexity index is 386.